The third-order valence-corrected chi connectivity index (χ3v) is 4.71. The number of benzene rings is 2. The highest BCUT2D eigenvalue weighted by molar-refractivity contribution is 5.73. The van der Waals surface area contributed by atoms with Crippen molar-refractivity contribution in [1.29, 1.82) is 0 Å². The number of hydrogen-bond donors (Lipinski definition) is 0. The molecule has 0 bridgehead atoms. The third-order valence-electron chi connectivity index (χ3n) is 4.71. The smallest absolute Gasteiger partial charge is 0.309 e. The maximum Gasteiger partial charge on any atom is 0.309 e. The second kappa shape index (κ2) is 7.99. The van der Waals surface area contributed by atoms with Gasteiger partial charge in [-0.2, -0.15) is 0 Å². The Balaban J connectivity index is 1.55. The van der Waals surface area contributed by atoms with Gasteiger partial charge < -0.3 is 9.64 Å². The van der Waals surface area contributed by atoms with Crippen LogP contribution in [0, 0.1) is 23.0 Å². The number of piperidine rings is 1. The normalized spacial score (nSPS) is 14.9. The van der Waals surface area contributed by atoms with E-state index in [4.69, 9.17) is 4.74 Å². The van der Waals surface area contributed by atoms with E-state index in [2.05, 4.69) is 0 Å². The minimum atomic E-state index is -0.364. The number of nitrogens with zero attached hydrogens (tertiary/aromatic N) is 2. The summed E-state index contributed by atoms with van der Waals surface area (Å²) in [6.07, 6.45) is 1.28. The number of aryl methyl sites for hydroxylation is 1. The summed E-state index contributed by atoms with van der Waals surface area (Å²) in [5, 5.41) is 11.2. The van der Waals surface area contributed by atoms with Gasteiger partial charge in [0.05, 0.1) is 10.8 Å². The zero-order valence-corrected chi connectivity index (χ0v) is 14.8. The number of rotatable bonds is 5. The van der Waals surface area contributed by atoms with Crippen molar-refractivity contribution in [3.8, 4) is 0 Å². The lowest BCUT2D eigenvalue weighted by atomic mass is 9.96. The van der Waals surface area contributed by atoms with Crippen LogP contribution >= 0.6 is 0 Å². The first-order chi connectivity index (χ1) is 12.5. The van der Waals surface area contributed by atoms with Gasteiger partial charge in [0.1, 0.15) is 12.3 Å². The summed E-state index contributed by atoms with van der Waals surface area (Å²) >= 11 is 0. The predicted molar refractivity (Wildman–Crippen MR) is 99.0 cm³/mol. The van der Waals surface area contributed by atoms with Crippen molar-refractivity contribution in [3.05, 3.63) is 69.8 Å². The SMILES string of the molecule is Cc1cccc(COC(=O)C2CCN(c3ccccc3[N+](=O)[O-])CC2)c1. The van der Waals surface area contributed by atoms with Gasteiger partial charge in [-0.1, -0.05) is 42.0 Å². The topological polar surface area (TPSA) is 72.7 Å². The lowest BCUT2D eigenvalue weighted by Gasteiger charge is -2.32. The average Bonchev–Trinajstić information content (AvgIpc) is 2.66. The van der Waals surface area contributed by atoms with E-state index in [0.29, 0.717) is 31.6 Å². The zero-order chi connectivity index (χ0) is 18.5. The molecule has 6 heteroatoms. The molecule has 1 heterocycles. The molecule has 6 nitrogen and oxygen atoms in total. The van der Waals surface area contributed by atoms with Crippen molar-refractivity contribution in [1.82, 2.24) is 0 Å². The van der Waals surface area contributed by atoms with E-state index in [0.717, 1.165) is 11.1 Å². The molecule has 3 rings (SSSR count). The molecule has 0 amide bonds. The molecule has 1 aliphatic rings. The van der Waals surface area contributed by atoms with Crippen LogP contribution in [0.4, 0.5) is 11.4 Å². The molecular formula is C20H22N2O4. The minimum Gasteiger partial charge on any atom is -0.461 e. The van der Waals surface area contributed by atoms with Crippen LogP contribution in [0.1, 0.15) is 24.0 Å². The largest absolute Gasteiger partial charge is 0.461 e. The lowest BCUT2D eigenvalue weighted by Crippen LogP contribution is -2.37. The number of nitro benzene ring substituents is 1. The maximum atomic E-state index is 12.3. The van der Waals surface area contributed by atoms with Gasteiger partial charge in [0, 0.05) is 19.2 Å². The molecule has 2 aromatic carbocycles. The molecule has 0 aliphatic carbocycles. The van der Waals surface area contributed by atoms with Gasteiger partial charge in [-0.3, -0.25) is 14.9 Å². The monoisotopic (exact) mass is 354 g/mol. The summed E-state index contributed by atoms with van der Waals surface area (Å²) < 4.78 is 5.46. The number of carbonyl (C=O) groups is 1. The van der Waals surface area contributed by atoms with Crippen LogP contribution in [0.2, 0.25) is 0 Å². The second-order valence-corrected chi connectivity index (χ2v) is 6.60. The number of anilines is 1. The van der Waals surface area contributed by atoms with E-state index in [9.17, 15) is 14.9 Å². The van der Waals surface area contributed by atoms with E-state index in [1.54, 1.807) is 18.2 Å². The Hall–Kier alpha value is -2.89. The van der Waals surface area contributed by atoms with E-state index in [-0.39, 0.29) is 29.1 Å². The maximum absolute atomic E-state index is 12.3. The Labute approximate surface area is 152 Å². The second-order valence-electron chi connectivity index (χ2n) is 6.60. The Morgan fingerprint density at radius 2 is 1.92 bits per heavy atom. The zero-order valence-electron chi connectivity index (χ0n) is 14.8. The number of ether oxygens (including phenoxy) is 1. The first kappa shape index (κ1) is 17.9. The first-order valence-electron chi connectivity index (χ1n) is 8.75. The first-order valence-corrected chi connectivity index (χ1v) is 8.75. The quantitative estimate of drug-likeness (QED) is 0.463. The molecule has 26 heavy (non-hydrogen) atoms. The molecule has 0 atom stereocenters. The fourth-order valence-electron chi connectivity index (χ4n) is 3.32. The number of carbonyl (C=O) groups excluding carboxylic acids is 1. The molecule has 0 N–H and O–H groups in total. The van der Waals surface area contributed by atoms with Crippen LogP contribution in [-0.4, -0.2) is 24.0 Å². The Bertz CT molecular complexity index is 798. The summed E-state index contributed by atoms with van der Waals surface area (Å²) in [6, 6.07) is 14.6. The summed E-state index contributed by atoms with van der Waals surface area (Å²) in [6.45, 7) is 3.50. The summed E-state index contributed by atoms with van der Waals surface area (Å²) in [5.74, 6) is -0.340. The van der Waals surface area contributed by atoms with Gasteiger partial charge in [0.15, 0.2) is 0 Å². The molecule has 1 aliphatic heterocycles. The van der Waals surface area contributed by atoms with Gasteiger partial charge in [-0.05, 0) is 31.4 Å². The molecule has 1 saturated heterocycles. The predicted octanol–water partition coefficient (Wildman–Crippen LogP) is 3.86. The molecule has 0 spiro atoms. The van der Waals surface area contributed by atoms with Gasteiger partial charge in [-0.15, -0.1) is 0 Å². The molecule has 1 fully saturated rings. The molecule has 0 radical (unpaired) electrons. The molecule has 0 unspecified atom stereocenters. The number of hydrogen-bond acceptors (Lipinski definition) is 5. The van der Waals surface area contributed by atoms with E-state index in [1.165, 1.54) is 6.07 Å². The van der Waals surface area contributed by atoms with Crippen molar-refractivity contribution in [2.24, 2.45) is 5.92 Å². The highest BCUT2D eigenvalue weighted by Crippen LogP contribution is 2.31. The van der Waals surface area contributed by atoms with E-state index < -0.39 is 0 Å². The van der Waals surface area contributed by atoms with Gasteiger partial charge in [-0.25, -0.2) is 0 Å². The summed E-state index contributed by atoms with van der Waals surface area (Å²) in [4.78, 5) is 25.1. The fraction of sp³-hybridized carbons (Fsp3) is 0.350. The van der Waals surface area contributed by atoms with Gasteiger partial charge in [0.2, 0.25) is 0 Å². The van der Waals surface area contributed by atoms with Crippen molar-refractivity contribution in [2.45, 2.75) is 26.4 Å². The molecule has 0 aromatic heterocycles. The van der Waals surface area contributed by atoms with Crippen LogP contribution in [0.3, 0.4) is 0 Å². The number of para-hydroxylation sites is 2. The Morgan fingerprint density at radius 1 is 1.19 bits per heavy atom. The Morgan fingerprint density at radius 3 is 2.62 bits per heavy atom. The molecular weight excluding hydrogens is 332 g/mol. The van der Waals surface area contributed by atoms with Crippen LogP contribution in [-0.2, 0) is 16.1 Å². The standard InChI is InChI=1S/C20H22N2O4/c1-15-5-4-6-16(13-15)14-26-20(23)17-9-11-21(12-10-17)18-7-2-3-8-19(18)22(24)25/h2-8,13,17H,9-12,14H2,1H3. The average molecular weight is 354 g/mol. The lowest BCUT2D eigenvalue weighted by molar-refractivity contribution is -0.384. The van der Waals surface area contributed by atoms with E-state index in [1.807, 2.05) is 36.1 Å². The van der Waals surface area contributed by atoms with Crippen molar-refractivity contribution in [2.75, 3.05) is 18.0 Å². The van der Waals surface area contributed by atoms with Gasteiger partial charge >= 0.3 is 5.97 Å². The van der Waals surface area contributed by atoms with Crippen molar-refractivity contribution < 1.29 is 14.5 Å². The molecule has 136 valence electrons. The van der Waals surface area contributed by atoms with Crippen LogP contribution in [0.15, 0.2) is 48.5 Å². The van der Waals surface area contributed by atoms with Crippen LogP contribution in [0.5, 0.6) is 0 Å². The van der Waals surface area contributed by atoms with Crippen molar-refractivity contribution in [3.63, 3.8) is 0 Å². The molecule has 2 aromatic rings. The number of nitro groups is 1. The van der Waals surface area contributed by atoms with Crippen LogP contribution < -0.4 is 4.90 Å². The minimum absolute atomic E-state index is 0.105. The highest BCUT2D eigenvalue weighted by atomic mass is 16.6. The molecule has 0 saturated carbocycles. The fourth-order valence-corrected chi connectivity index (χ4v) is 3.32. The number of esters is 1. The summed E-state index contributed by atoms with van der Waals surface area (Å²) in [5.41, 5.74) is 2.84. The third kappa shape index (κ3) is 4.20. The van der Waals surface area contributed by atoms with E-state index >= 15 is 0 Å². The van der Waals surface area contributed by atoms with Crippen LogP contribution in [0.25, 0.3) is 0 Å². The van der Waals surface area contributed by atoms with Gasteiger partial charge in [0.25, 0.3) is 5.69 Å². The highest BCUT2D eigenvalue weighted by Gasteiger charge is 2.28. The summed E-state index contributed by atoms with van der Waals surface area (Å²) in [7, 11) is 0. The van der Waals surface area contributed by atoms with Crippen molar-refractivity contribution >= 4 is 17.3 Å². The Kier molecular flexibility index (Phi) is 5.51.